The van der Waals surface area contributed by atoms with E-state index in [9.17, 15) is 33.1 Å². The molecule has 1 saturated heterocycles. The van der Waals surface area contributed by atoms with Gasteiger partial charge < -0.3 is 48.0 Å². The first-order valence-corrected chi connectivity index (χ1v) is 24.1. The van der Waals surface area contributed by atoms with Gasteiger partial charge in [0.15, 0.2) is 35.3 Å². The maximum atomic E-state index is 15.4. The Balaban J connectivity index is 1.61. The molecule has 1 aromatic carbocycles. The van der Waals surface area contributed by atoms with Crippen LogP contribution in [0.5, 0.6) is 17.2 Å². The third-order valence-electron chi connectivity index (χ3n) is 11.4. The minimum absolute atomic E-state index is 0.0229. The van der Waals surface area contributed by atoms with Crippen LogP contribution in [0.15, 0.2) is 52.7 Å². The van der Waals surface area contributed by atoms with Gasteiger partial charge in [0.05, 0.1) is 11.2 Å². The van der Waals surface area contributed by atoms with Crippen molar-refractivity contribution in [3.8, 4) is 17.2 Å². The summed E-state index contributed by atoms with van der Waals surface area (Å²) in [5, 5.41) is 8.94. The summed E-state index contributed by atoms with van der Waals surface area (Å²) >= 11 is 0. The van der Waals surface area contributed by atoms with E-state index in [-0.39, 0.29) is 53.0 Å². The molecule has 3 heterocycles. The van der Waals surface area contributed by atoms with Crippen molar-refractivity contribution in [2.75, 3.05) is 13.6 Å². The smallest absolute Gasteiger partial charge is 0.482 e. The zero-order valence-electron chi connectivity index (χ0n) is 35.4. The standard InChI is InChI=1S/C40H51O19P3/c1-22(2)10-9-15-38(8)16-14-27-32(54-38)26(12-11-23(3)4)33-30(34(27)56-61(48,49)59-62(50,51)58-60(45,46)47)31(42)28-18-25-19-29-37(6,7)57-39(35(25)43,40(28,29)55-33)17-13-24(5)36(44)53-21-52-20-41/h10-11,13-14,16,18,25,29,41H,9,12,15,17,19-21H2,1-8H3,(H,48,49)(H,50,51)(H2,45,46,47). The lowest BCUT2D eigenvalue weighted by Crippen LogP contribution is -2.72. The Labute approximate surface area is 357 Å². The molecule has 7 atom stereocenters. The number of carbonyl (C=O) groups excluding carboxylic acids is 3. The van der Waals surface area contributed by atoms with Crippen LogP contribution in [-0.4, -0.2) is 78.2 Å². The highest BCUT2D eigenvalue weighted by atomic mass is 31.3. The zero-order chi connectivity index (χ0) is 46.0. The largest absolute Gasteiger partial charge is 0.536 e. The molecule has 7 unspecified atom stereocenters. The van der Waals surface area contributed by atoms with Crippen molar-refractivity contribution in [2.45, 2.75) is 110 Å². The van der Waals surface area contributed by atoms with Crippen molar-refractivity contribution < 1.29 is 89.6 Å². The molecule has 3 aliphatic heterocycles. The summed E-state index contributed by atoms with van der Waals surface area (Å²) in [4.78, 5) is 82.5. The highest BCUT2D eigenvalue weighted by Crippen LogP contribution is 2.71. The molecule has 0 aromatic heterocycles. The second kappa shape index (κ2) is 16.8. The van der Waals surface area contributed by atoms with Crippen LogP contribution in [-0.2, 0) is 52.5 Å². The molecule has 1 aromatic rings. The van der Waals surface area contributed by atoms with Gasteiger partial charge in [-0.2, -0.15) is 8.62 Å². The number of allylic oxidation sites excluding steroid dienone is 5. The van der Waals surface area contributed by atoms with Crippen molar-refractivity contribution in [2.24, 2.45) is 11.8 Å². The number of carbonyl (C=O) groups is 3. The number of benzene rings is 1. The molecule has 1 spiro atoms. The van der Waals surface area contributed by atoms with Crippen molar-refractivity contribution in [3.05, 3.63) is 69.4 Å². The number of hydrogen-bond acceptors (Lipinski definition) is 15. The Morgan fingerprint density at radius 2 is 1.60 bits per heavy atom. The SMILES string of the molecule is CC(C)=CCCC1(C)C=Cc2c(c(CC=C(C)C)c3c(c2OP(=O)(O)OP(=O)(O)OP(=O)(O)O)C(=O)C2=CC4CC5C(C)(C)OC(CC=C(C)C(=O)OCOCO)(C4=O)C25O3)O1. The summed E-state index contributed by atoms with van der Waals surface area (Å²) in [6.07, 6.45) is 10.8. The number of hydrogen-bond donors (Lipinski definition) is 5. The third kappa shape index (κ3) is 8.93. The van der Waals surface area contributed by atoms with Crippen molar-refractivity contribution in [3.63, 3.8) is 0 Å². The lowest BCUT2D eigenvalue weighted by Gasteiger charge is -2.56. The van der Waals surface area contributed by atoms with E-state index in [0.29, 0.717) is 12.8 Å². The Hall–Kier alpha value is -3.54. The molecule has 3 aliphatic carbocycles. The lowest BCUT2D eigenvalue weighted by atomic mass is 9.51. The number of rotatable bonds is 17. The number of Topliss-reactive ketones (excluding diaryl/α,β-unsaturated/α-hetero) is 2. The van der Waals surface area contributed by atoms with Crippen LogP contribution in [0.25, 0.3) is 6.08 Å². The van der Waals surface area contributed by atoms with Gasteiger partial charge in [0.2, 0.25) is 0 Å². The number of aliphatic hydroxyl groups excluding tert-OH is 1. The van der Waals surface area contributed by atoms with E-state index >= 15 is 4.79 Å². The molecule has 62 heavy (non-hydrogen) atoms. The highest BCUT2D eigenvalue weighted by molar-refractivity contribution is 7.66. The first-order valence-electron chi connectivity index (χ1n) is 19.6. The number of ketones is 2. The first kappa shape index (κ1) is 47.9. The molecule has 7 rings (SSSR count). The molecule has 0 radical (unpaired) electrons. The average Bonchev–Trinajstić information content (AvgIpc) is 3.28. The second-order valence-electron chi connectivity index (χ2n) is 17.0. The topological polar surface area (TPSA) is 277 Å². The first-order chi connectivity index (χ1) is 28.6. The normalized spacial score (nSPS) is 28.5. The molecule has 5 N–H and O–H groups in total. The fourth-order valence-electron chi connectivity index (χ4n) is 8.90. The van der Waals surface area contributed by atoms with E-state index in [1.54, 1.807) is 26.8 Å². The quantitative estimate of drug-likeness (QED) is 0.0274. The van der Waals surface area contributed by atoms with E-state index in [4.69, 9.17) is 43.1 Å². The van der Waals surface area contributed by atoms with Crippen LogP contribution in [0.3, 0.4) is 0 Å². The number of phosphoric ester groups is 1. The summed E-state index contributed by atoms with van der Waals surface area (Å²) in [5.74, 6) is -4.57. The van der Waals surface area contributed by atoms with Crippen molar-refractivity contribution in [1.29, 1.82) is 0 Å². The average molecular weight is 929 g/mol. The second-order valence-corrected chi connectivity index (χ2v) is 21.3. The number of esters is 1. The number of phosphoric acid groups is 3. The summed E-state index contributed by atoms with van der Waals surface area (Å²) in [6, 6.07) is 0. The van der Waals surface area contributed by atoms with Gasteiger partial charge in [0.25, 0.3) is 0 Å². The number of aliphatic hydroxyl groups is 1. The van der Waals surface area contributed by atoms with Gasteiger partial charge in [-0.3, -0.25) is 14.5 Å². The predicted octanol–water partition coefficient (Wildman–Crippen LogP) is 6.62. The Morgan fingerprint density at radius 1 is 0.919 bits per heavy atom. The van der Waals surface area contributed by atoms with Gasteiger partial charge in [-0.15, -0.1) is 0 Å². The molecule has 2 fully saturated rings. The van der Waals surface area contributed by atoms with E-state index < -0.39 is 100 Å². The minimum Gasteiger partial charge on any atom is -0.482 e. The Morgan fingerprint density at radius 3 is 2.23 bits per heavy atom. The van der Waals surface area contributed by atoms with Gasteiger partial charge in [-0.25, -0.2) is 18.5 Å². The van der Waals surface area contributed by atoms with Gasteiger partial charge in [0, 0.05) is 35.0 Å². The monoisotopic (exact) mass is 928 g/mol. The van der Waals surface area contributed by atoms with E-state index in [0.717, 1.165) is 11.1 Å². The van der Waals surface area contributed by atoms with Crippen LogP contribution >= 0.6 is 23.5 Å². The fraction of sp³-hybridized carbons (Fsp3) is 0.525. The fourth-order valence-corrected chi connectivity index (χ4v) is 12.0. The van der Waals surface area contributed by atoms with E-state index in [2.05, 4.69) is 8.62 Å². The summed E-state index contributed by atoms with van der Waals surface area (Å²) < 4.78 is 81.7. The highest BCUT2D eigenvalue weighted by Gasteiger charge is 2.81. The van der Waals surface area contributed by atoms with Crippen molar-refractivity contribution >= 4 is 47.1 Å². The molecular formula is C40H51O19P3. The molecule has 4 bridgehead atoms. The van der Waals surface area contributed by atoms with Gasteiger partial charge in [0.1, 0.15) is 29.5 Å². The maximum absolute atomic E-state index is 15.4. The Kier molecular flexibility index (Phi) is 13.0. The van der Waals surface area contributed by atoms with Crippen LogP contribution < -0.4 is 14.0 Å². The van der Waals surface area contributed by atoms with Gasteiger partial charge >= 0.3 is 29.4 Å². The minimum atomic E-state index is -6.02. The molecule has 1 saturated carbocycles. The molecule has 0 amide bonds. The molecule has 6 aliphatic rings. The van der Waals surface area contributed by atoms with Crippen LogP contribution in [0.2, 0.25) is 0 Å². The zero-order valence-corrected chi connectivity index (χ0v) is 38.0. The van der Waals surface area contributed by atoms with Crippen LogP contribution in [0, 0.1) is 11.8 Å². The Bertz CT molecular complexity index is 2380. The summed E-state index contributed by atoms with van der Waals surface area (Å²) in [7, 11) is -17.8. The molecule has 340 valence electrons. The van der Waals surface area contributed by atoms with E-state index in [1.165, 1.54) is 25.2 Å². The number of fused-ring (bicyclic) bond motifs is 2. The van der Waals surface area contributed by atoms with Gasteiger partial charge in [-0.05, 0) is 93.2 Å². The van der Waals surface area contributed by atoms with Crippen molar-refractivity contribution in [1.82, 2.24) is 0 Å². The third-order valence-corrected chi connectivity index (χ3v) is 15.2. The lowest BCUT2D eigenvalue weighted by molar-refractivity contribution is -0.172. The van der Waals surface area contributed by atoms with Crippen LogP contribution in [0.1, 0.15) is 103 Å². The van der Waals surface area contributed by atoms with E-state index in [1.807, 2.05) is 39.8 Å². The molecule has 22 heteroatoms. The summed E-state index contributed by atoms with van der Waals surface area (Å²) in [5.41, 5.74) is -4.36. The van der Waals surface area contributed by atoms with Crippen LogP contribution in [0.4, 0.5) is 0 Å². The predicted molar refractivity (Wildman–Crippen MR) is 219 cm³/mol. The molecule has 19 nitrogen and oxygen atoms in total. The summed E-state index contributed by atoms with van der Waals surface area (Å²) in [6.45, 7) is 13.1. The maximum Gasteiger partial charge on any atom is 0.536 e. The van der Waals surface area contributed by atoms with Gasteiger partial charge in [-0.1, -0.05) is 35.5 Å². The number of ether oxygens (including phenoxy) is 5. The molecular weight excluding hydrogens is 877 g/mol.